The highest BCUT2D eigenvalue weighted by Gasteiger charge is 2.23. The molecule has 2 nitrogen and oxygen atoms in total. The highest BCUT2D eigenvalue weighted by Crippen LogP contribution is 2.33. The minimum absolute atomic E-state index is 0.150. The number of hydrogen-bond donors (Lipinski definition) is 1. The highest BCUT2D eigenvalue weighted by atomic mass is 14.8. The number of pyridine rings is 1. The molecule has 0 bridgehead atoms. The van der Waals surface area contributed by atoms with Crippen LogP contribution in [0.3, 0.4) is 0 Å². The van der Waals surface area contributed by atoms with E-state index in [0.717, 1.165) is 11.4 Å². The van der Waals surface area contributed by atoms with Crippen molar-refractivity contribution in [1.82, 2.24) is 4.98 Å². The molecule has 1 atom stereocenters. The first-order valence-corrected chi connectivity index (χ1v) is 5.46. The maximum Gasteiger partial charge on any atom is 0.0577 e. The third kappa shape index (κ3) is 1.95. The maximum absolute atomic E-state index is 6.21. The maximum atomic E-state index is 6.21. The van der Waals surface area contributed by atoms with Crippen molar-refractivity contribution in [3.63, 3.8) is 0 Å². The lowest BCUT2D eigenvalue weighted by Gasteiger charge is -2.18. The van der Waals surface area contributed by atoms with Gasteiger partial charge < -0.3 is 5.73 Å². The van der Waals surface area contributed by atoms with Crippen molar-refractivity contribution in [3.05, 3.63) is 29.6 Å². The zero-order valence-corrected chi connectivity index (χ0v) is 8.74. The van der Waals surface area contributed by atoms with E-state index in [0.29, 0.717) is 5.92 Å². The van der Waals surface area contributed by atoms with Gasteiger partial charge in [-0.1, -0.05) is 18.9 Å². The lowest BCUT2D eigenvalue weighted by atomic mass is 9.96. The minimum atomic E-state index is 0.150. The molecule has 0 spiro atoms. The van der Waals surface area contributed by atoms with E-state index < -0.39 is 0 Å². The Hall–Kier alpha value is -0.890. The molecule has 2 N–H and O–H groups in total. The molecule has 1 saturated carbocycles. The van der Waals surface area contributed by atoms with Crippen molar-refractivity contribution >= 4 is 0 Å². The lowest BCUT2D eigenvalue weighted by molar-refractivity contribution is 0.436. The van der Waals surface area contributed by atoms with E-state index in [9.17, 15) is 0 Å². The Labute approximate surface area is 85.5 Å². The van der Waals surface area contributed by atoms with E-state index >= 15 is 0 Å². The van der Waals surface area contributed by atoms with Gasteiger partial charge in [-0.25, -0.2) is 0 Å². The van der Waals surface area contributed by atoms with Gasteiger partial charge in [-0.15, -0.1) is 0 Å². The summed E-state index contributed by atoms with van der Waals surface area (Å²) in [5.74, 6) is 0.657. The second-order valence-electron chi connectivity index (χ2n) is 4.27. The van der Waals surface area contributed by atoms with Crippen LogP contribution in [0.5, 0.6) is 0 Å². The molecular weight excluding hydrogens is 172 g/mol. The summed E-state index contributed by atoms with van der Waals surface area (Å²) < 4.78 is 0. The van der Waals surface area contributed by atoms with Gasteiger partial charge in [-0.2, -0.15) is 0 Å². The quantitative estimate of drug-likeness (QED) is 0.778. The van der Waals surface area contributed by atoms with E-state index in [2.05, 4.69) is 11.1 Å². The summed E-state index contributed by atoms with van der Waals surface area (Å²) in [6.07, 6.45) is 5.22. The molecule has 2 heteroatoms. The summed E-state index contributed by atoms with van der Waals surface area (Å²) >= 11 is 0. The molecule has 1 aromatic heterocycles. The number of nitrogens with zero attached hydrogens (tertiary/aromatic N) is 1. The third-order valence-electron chi connectivity index (χ3n) is 3.16. The lowest BCUT2D eigenvalue weighted by Crippen LogP contribution is -2.20. The zero-order chi connectivity index (χ0) is 9.97. The SMILES string of the molecule is Cc1cccc([C@H](N)C2CCCC2)n1. The fourth-order valence-corrected chi connectivity index (χ4v) is 2.31. The number of aromatic nitrogens is 1. The van der Waals surface area contributed by atoms with Crippen molar-refractivity contribution in [2.45, 2.75) is 38.6 Å². The summed E-state index contributed by atoms with van der Waals surface area (Å²) in [6, 6.07) is 6.27. The summed E-state index contributed by atoms with van der Waals surface area (Å²) in [4.78, 5) is 4.49. The number of aryl methyl sites for hydroxylation is 1. The van der Waals surface area contributed by atoms with Crippen LogP contribution in [0.2, 0.25) is 0 Å². The fourth-order valence-electron chi connectivity index (χ4n) is 2.31. The Morgan fingerprint density at radius 3 is 2.71 bits per heavy atom. The summed E-state index contributed by atoms with van der Waals surface area (Å²) in [5.41, 5.74) is 8.34. The average molecular weight is 190 g/mol. The van der Waals surface area contributed by atoms with Crippen LogP contribution in [-0.2, 0) is 0 Å². The topological polar surface area (TPSA) is 38.9 Å². The monoisotopic (exact) mass is 190 g/mol. The molecule has 0 aliphatic heterocycles. The number of rotatable bonds is 2. The van der Waals surface area contributed by atoms with Gasteiger partial charge in [0.05, 0.1) is 5.69 Å². The number of nitrogens with two attached hydrogens (primary N) is 1. The van der Waals surface area contributed by atoms with Crippen molar-refractivity contribution in [2.75, 3.05) is 0 Å². The molecule has 0 amide bonds. The van der Waals surface area contributed by atoms with Gasteiger partial charge in [0.15, 0.2) is 0 Å². The van der Waals surface area contributed by atoms with Crippen molar-refractivity contribution < 1.29 is 0 Å². The normalized spacial score (nSPS) is 19.9. The van der Waals surface area contributed by atoms with Gasteiger partial charge in [0.1, 0.15) is 0 Å². The zero-order valence-electron chi connectivity index (χ0n) is 8.74. The van der Waals surface area contributed by atoms with Gasteiger partial charge in [0.25, 0.3) is 0 Å². The molecule has 0 radical (unpaired) electrons. The van der Waals surface area contributed by atoms with Gasteiger partial charge in [0, 0.05) is 11.7 Å². The van der Waals surface area contributed by atoms with Gasteiger partial charge in [-0.3, -0.25) is 4.98 Å². The highest BCUT2D eigenvalue weighted by molar-refractivity contribution is 5.14. The molecule has 0 aromatic carbocycles. The molecule has 2 rings (SSSR count). The second-order valence-corrected chi connectivity index (χ2v) is 4.27. The second kappa shape index (κ2) is 4.09. The summed E-state index contributed by atoms with van der Waals surface area (Å²) in [5, 5.41) is 0. The molecule has 0 unspecified atom stereocenters. The van der Waals surface area contributed by atoms with Crippen molar-refractivity contribution in [1.29, 1.82) is 0 Å². The van der Waals surface area contributed by atoms with Gasteiger partial charge in [0.2, 0.25) is 0 Å². The Bertz CT molecular complexity index is 303. The van der Waals surface area contributed by atoms with Gasteiger partial charge in [-0.05, 0) is 37.8 Å². The Kier molecular flexibility index (Phi) is 2.82. The van der Waals surface area contributed by atoms with Crippen LogP contribution in [0, 0.1) is 12.8 Å². The van der Waals surface area contributed by atoms with Crippen LogP contribution in [0.25, 0.3) is 0 Å². The van der Waals surface area contributed by atoms with Crippen LogP contribution in [0.15, 0.2) is 18.2 Å². The molecule has 1 heterocycles. The summed E-state index contributed by atoms with van der Waals surface area (Å²) in [7, 11) is 0. The van der Waals surface area contributed by atoms with Crippen molar-refractivity contribution in [2.24, 2.45) is 11.7 Å². The standard InChI is InChI=1S/C12H18N2/c1-9-5-4-8-11(14-9)12(13)10-6-2-3-7-10/h4-5,8,10,12H,2-3,6-7,13H2,1H3/t12-/m1/s1. The number of hydrogen-bond acceptors (Lipinski definition) is 2. The third-order valence-corrected chi connectivity index (χ3v) is 3.16. The van der Waals surface area contributed by atoms with Crippen LogP contribution in [0.4, 0.5) is 0 Å². The van der Waals surface area contributed by atoms with E-state index in [1.807, 2.05) is 19.1 Å². The van der Waals surface area contributed by atoms with Crippen LogP contribution >= 0.6 is 0 Å². The first-order valence-electron chi connectivity index (χ1n) is 5.46. The average Bonchev–Trinajstić information content (AvgIpc) is 2.69. The van der Waals surface area contributed by atoms with Crippen LogP contribution in [-0.4, -0.2) is 4.98 Å². The molecular formula is C12H18N2. The Morgan fingerprint density at radius 1 is 1.36 bits per heavy atom. The molecule has 76 valence electrons. The Balaban J connectivity index is 2.13. The predicted molar refractivity (Wildman–Crippen MR) is 57.9 cm³/mol. The molecule has 1 aromatic rings. The Morgan fingerprint density at radius 2 is 2.07 bits per heavy atom. The molecule has 1 fully saturated rings. The van der Waals surface area contributed by atoms with E-state index in [1.54, 1.807) is 0 Å². The van der Waals surface area contributed by atoms with Gasteiger partial charge >= 0.3 is 0 Å². The molecule has 1 aliphatic rings. The van der Waals surface area contributed by atoms with Crippen molar-refractivity contribution in [3.8, 4) is 0 Å². The first kappa shape index (κ1) is 9.66. The minimum Gasteiger partial charge on any atom is -0.322 e. The smallest absolute Gasteiger partial charge is 0.0577 e. The van der Waals surface area contributed by atoms with E-state index in [-0.39, 0.29) is 6.04 Å². The first-order chi connectivity index (χ1) is 6.77. The largest absolute Gasteiger partial charge is 0.322 e. The van der Waals surface area contributed by atoms with E-state index in [4.69, 9.17) is 5.73 Å². The molecule has 0 saturated heterocycles. The van der Waals surface area contributed by atoms with Crippen LogP contribution < -0.4 is 5.73 Å². The fraction of sp³-hybridized carbons (Fsp3) is 0.583. The predicted octanol–water partition coefficient (Wildman–Crippen LogP) is 2.58. The summed E-state index contributed by atoms with van der Waals surface area (Å²) in [6.45, 7) is 2.02. The molecule has 1 aliphatic carbocycles. The molecule has 14 heavy (non-hydrogen) atoms. The van der Waals surface area contributed by atoms with Crippen LogP contribution in [0.1, 0.15) is 43.1 Å². The van der Waals surface area contributed by atoms with E-state index in [1.165, 1.54) is 25.7 Å².